The third-order valence-corrected chi connectivity index (χ3v) is 4.79. The molecule has 0 aliphatic heterocycles. The zero-order valence-corrected chi connectivity index (χ0v) is 13.9. The van der Waals surface area contributed by atoms with Crippen LogP contribution in [0.15, 0.2) is 29.2 Å². The lowest BCUT2D eigenvalue weighted by Crippen LogP contribution is -2.30. The molecule has 0 aliphatic rings. The maximum Gasteiger partial charge on any atom is 0.240 e. The highest BCUT2D eigenvalue weighted by molar-refractivity contribution is 7.89. The second-order valence-electron chi connectivity index (χ2n) is 4.85. The molecule has 6 heteroatoms. The number of likely N-dealkylation sites (N-methyl/N-ethyl adjacent to an activating group) is 1. The van der Waals surface area contributed by atoms with Gasteiger partial charge in [0.15, 0.2) is 0 Å². The van der Waals surface area contributed by atoms with Crippen LogP contribution in [0.25, 0.3) is 0 Å². The normalized spacial score (nSPS) is 12.0. The predicted octanol–water partition coefficient (Wildman–Crippen LogP) is 1.63. The van der Waals surface area contributed by atoms with Gasteiger partial charge in [0.2, 0.25) is 10.0 Å². The van der Waals surface area contributed by atoms with E-state index in [4.69, 9.17) is 4.74 Å². The lowest BCUT2D eigenvalue weighted by atomic mass is 10.2. The molecule has 0 atom stereocenters. The van der Waals surface area contributed by atoms with Crippen molar-refractivity contribution in [1.82, 2.24) is 9.62 Å². The van der Waals surface area contributed by atoms with Crippen molar-refractivity contribution in [2.45, 2.75) is 25.7 Å². The van der Waals surface area contributed by atoms with Crippen molar-refractivity contribution in [2.24, 2.45) is 0 Å². The Hall–Kier alpha value is -0.950. The Bertz CT molecular complexity index is 496. The van der Waals surface area contributed by atoms with E-state index in [0.29, 0.717) is 13.2 Å². The van der Waals surface area contributed by atoms with Crippen molar-refractivity contribution >= 4 is 10.0 Å². The molecule has 0 amide bonds. The van der Waals surface area contributed by atoms with Gasteiger partial charge in [-0.05, 0) is 32.1 Å². The van der Waals surface area contributed by atoms with Crippen LogP contribution in [0.4, 0.5) is 0 Å². The average Bonchev–Trinajstić information content (AvgIpc) is 2.47. The highest BCUT2D eigenvalue weighted by atomic mass is 32.2. The van der Waals surface area contributed by atoms with Crippen molar-refractivity contribution in [2.75, 3.05) is 39.4 Å². The standard InChI is InChI=1S/C15H26N2O3S/c1-4-17(5-2)11-13-20-12-10-16-21(18,19)15-8-6-14(3)7-9-15/h6-9,16H,4-5,10-13H2,1-3H3. The lowest BCUT2D eigenvalue weighted by Gasteiger charge is -2.17. The Morgan fingerprint density at radius 1 is 1.10 bits per heavy atom. The van der Waals surface area contributed by atoms with Gasteiger partial charge in [0, 0.05) is 13.1 Å². The summed E-state index contributed by atoms with van der Waals surface area (Å²) in [5.41, 5.74) is 1.04. The van der Waals surface area contributed by atoms with Crippen LogP contribution < -0.4 is 4.72 Å². The molecule has 0 aromatic heterocycles. The Balaban J connectivity index is 2.27. The van der Waals surface area contributed by atoms with Crippen LogP contribution in [0, 0.1) is 6.92 Å². The minimum absolute atomic E-state index is 0.286. The summed E-state index contributed by atoms with van der Waals surface area (Å²) in [5.74, 6) is 0. The fraction of sp³-hybridized carbons (Fsp3) is 0.600. The number of hydrogen-bond acceptors (Lipinski definition) is 4. The minimum Gasteiger partial charge on any atom is -0.379 e. The molecule has 0 aliphatic carbocycles. The lowest BCUT2D eigenvalue weighted by molar-refractivity contribution is 0.111. The molecule has 120 valence electrons. The smallest absolute Gasteiger partial charge is 0.240 e. The first-order chi connectivity index (χ1) is 9.99. The van der Waals surface area contributed by atoms with E-state index in [1.165, 1.54) is 0 Å². The van der Waals surface area contributed by atoms with Gasteiger partial charge in [0.05, 0.1) is 18.1 Å². The summed E-state index contributed by atoms with van der Waals surface area (Å²) in [4.78, 5) is 2.55. The Morgan fingerprint density at radius 3 is 2.29 bits per heavy atom. The predicted molar refractivity (Wildman–Crippen MR) is 85.0 cm³/mol. The number of rotatable bonds is 10. The topological polar surface area (TPSA) is 58.6 Å². The van der Waals surface area contributed by atoms with Gasteiger partial charge >= 0.3 is 0 Å². The molecule has 0 fully saturated rings. The number of nitrogens with zero attached hydrogens (tertiary/aromatic N) is 1. The molecule has 1 aromatic carbocycles. The van der Waals surface area contributed by atoms with Gasteiger partial charge in [-0.2, -0.15) is 0 Å². The third-order valence-electron chi connectivity index (χ3n) is 3.32. The molecular weight excluding hydrogens is 288 g/mol. The van der Waals surface area contributed by atoms with Crippen LogP contribution in [-0.4, -0.2) is 52.7 Å². The summed E-state index contributed by atoms with van der Waals surface area (Å²) < 4.78 is 32.0. The first kappa shape index (κ1) is 18.1. The summed E-state index contributed by atoms with van der Waals surface area (Å²) in [6.45, 7) is 10.3. The van der Waals surface area contributed by atoms with Gasteiger partial charge < -0.3 is 9.64 Å². The van der Waals surface area contributed by atoms with Gasteiger partial charge in [-0.3, -0.25) is 0 Å². The number of hydrogen-bond donors (Lipinski definition) is 1. The molecule has 1 N–H and O–H groups in total. The summed E-state index contributed by atoms with van der Waals surface area (Å²) in [6, 6.07) is 6.79. The number of sulfonamides is 1. The van der Waals surface area contributed by atoms with Crippen molar-refractivity contribution < 1.29 is 13.2 Å². The zero-order chi connectivity index (χ0) is 15.7. The van der Waals surface area contributed by atoms with Gasteiger partial charge in [-0.1, -0.05) is 31.5 Å². The van der Waals surface area contributed by atoms with Crippen molar-refractivity contribution in [1.29, 1.82) is 0 Å². The molecule has 0 unspecified atom stereocenters. The second kappa shape index (κ2) is 9.15. The van der Waals surface area contributed by atoms with Crippen LogP contribution >= 0.6 is 0 Å². The maximum atomic E-state index is 12.0. The van der Waals surface area contributed by atoms with Crippen molar-refractivity contribution in [3.05, 3.63) is 29.8 Å². The van der Waals surface area contributed by atoms with Gasteiger partial charge in [0.25, 0.3) is 0 Å². The second-order valence-corrected chi connectivity index (χ2v) is 6.62. The van der Waals surface area contributed by atoms with Gasteiger partial charge in [-0.15, -0.1) is 0 Å². The maximum absolute atomic E-state index is 12.0. The fourth-order valence-electron chi connectivity index (χ4n) is 1.88. The van der Waals surface area contributed by atoms with E-state index < -0.39 is 10.0 Å². The first-order valence-electron chi connectivity index (χ1n) is 7.36. The number of ether oxygens (including phenoxy) is 1. The molecule has 1 aromatic rings. The SMILES string of the molecule is CCN(CC)CCOCCNS(=O)(=O)c1ccc(C)cc1. The molecular formula is C15H26N2O3S. The third kappa shape index (κ3) is 6.56. The molecule has 0 bridgehead atoms. The zero-order valence-electron chi connectivity index (χ0n) is 13.1. The van der Waals surface area contributed by atoms with Crippen LogP contribution in [-0.2, 0) is 14.8 Å². The van der Waals surface area contributed by atoms with Crippen LogP contribution in [0.3, 0.4) is 0 Å². The summed E-state index contributed by atoms with van der Waals surface area (Å²) in [7, 11) is -3.43. The highest BCUT2D eigenvalue weighted by Gasteiger charge is 2.12. The number of nitrogens with one attached hydrogen (secondary N) is 1. The number of aryl methyl sites for hydroxylation is 1. The molecule has 0 heterocycles. The van der Waals surface area contributed by atoms with E-state index in [9.17, 15) is 8.42 Å². The quantitative estimate of drug-likeness (QED) is 0.667. The Morgan fingerprint density at radius 2 is 1.71 bits per heavy atom. The first-order valence-corrected chi connectivity index (χ1v) is 8.84. The molecule has 0 spiro atoms. The molecule has 1 rings (SSSR count). The molecule has 5 nitrogen and oxygen atoms in total. The van der Waals surface area contributed by atoms with E-state index >= 15 is 0 Å². The monoisotopic (exact) mass is 314 g/mol. The van der Waals surface area contributed by atoms with Gasteiger partial charge in [-0.25, -0.2) is 13.1 Å². The van der Waals surface area contributed by atoms with Crippen LogP contribution in [0.5, 0.6) is 0 Å². The van der Waals surface area contributed by atoms with Crippen LogP contribution in [0.2, 0.25) is 0 Å². The molecule has 0 saturated heterocycles. The van der Waals surface area contributed by atoms with E-state index in [1.807, 2.05) is 6.92 Å². The van der Waals surface area contributed by atoms with Crippen molar-refractivity contribution in [3.63, 3.8) is 0 Å². The van der Waals surface area contributed by atoms with E-state index in [-0.39, 0.29) is 11.4 Å². The Labute approximate surface area is 128 Å². The Kier molecular flexibility index (Phi) is 7.88. The molecule has 0 saturated carbocycles. The molecule has 21 heavy (non-hydrogen) atoms. The van der Waals surface area contributed by atoms with Crippen LogP contribution in [0.1, 0.15) is 19.4 Å². The summed E-state index contributed by atoms with van der Waals surface area (Å²) >= 11 is 0. The average molecular weight is 314 g/mol. The summed E-state index contributed by atoms with van der Waals surface area (Å²) in [5, 5.41) is 0. The largest absolute Gasteiger partial charge is 0.379 e. The van der Waals surface area contributed by atoms with Crippen molar-refractivity contribution in [3.8, 4) is 0 Å². The fourth-order valence-corrected chi connectivity index (χ4v) is 2.90. The minimum atomic E-state index is -3.43. The number of benzene rings is 1. The van der Waals surface area contributed by atoms with E-state index in [0.717, 1.165) is 25.2 Å². The van der Waals surface area contributed by atoms with E-state index in [2.05, 4.69) is 23.5 Å². The van der Waals surface area contributed by atoms with Gasteiger partial charge in [0.1, 0.15) is 0 Å². The molecule has 0 radical (unpaired) electrons. The highest BCUT2D eigenvalue weighted by Crippen LogP contribution is 2.09. The summed E-state index contributed by atoms with van der Waals surface area (Å²) in [6.07, 6.45) is 0. The van der Waals surface area contributed by atoms with E-state index in [1.54, 1.807) is 24.3 Å².